The van der Waals surface area contributed by atoms with E-state index in [1.165, 1.54) is 276 Å². The van der Waals surface area contributed by atoms with Crippen LogP contribution >= 0.6 is 0 Å². The molecule has 94 heavy (non-hydrogen) atoms. The van der Waals surface area contributed by atoms with Crippen LogP contribution in [0.4, 0.5) is 0 Å². The summed E-state index contributed by atoms with van der Waals surface area (Å²) in [6.07, 6.45) is 99.0. The third kappa shape index (κ3) is 76.1. The molecule has 0 aromatic heterocycles. The number of carboxylic acid groups (broad SMARTS) is 1. The standard InChI is InChI=1S/C85H155NO8/c1-6-8-10-12-14-16-18-20-22-24-26-28-30-32-34-36-37-38-39-40-41-42-43-44-45-46-48-49-51-53-55-57-59-61-63-65-67-69-71-73-75-82(87)92-79-81(80-93-85(84(89)90)91-78-77-86(3,4)5)94-83(88)76-74-72-70-68-66-64-62-60-58-56-54-52-50-47-35-33-31-29-27-25-23-21-19-17-15-13-11-9-7-2/h9,11,15,17,21,23,27,29,33,35,50,52,81,85H,6-8,10,12-14,16,18-20,22,24-26,28,30-32,34,36-49,51,53-80H2,1-5H3/b11-9-,17-15-,23-21-,29-27-,35-33-,52-50-. The number of allylic oxidation sites excluding steroid dienone is 12. The summed E-state index contributed by atoms with van der Waals surface area (Å²) in [5, 5.41) is 11.9. The summed E-state index contributed by atoms with van der Waals surface area (Å²) >= 11 is 0. The van der Waals surface area contributed by atoms with Gasteiger partial charge in [-0.2, -0.15) is 0 Å². The first-order chi connectivity index (χ1) is 46.1. The summed E-state index contributed by atoms with van der Waals surface area (Å²) in [6.45, 7) is 4.69. The smallest absolute Gasteiger partial charge is 0.306 e. The number of nitrogens with zero attached hydrogens (tertiary/aromatic N) is 1. The lowest BCUT2D eigenvalue weighted by Crippen LogP contribution is -2.44. The Bertz CT molecular complexity index is 1780. The largest absolute Gasteiger partial charge is 0.545 e. The van der Waals surface area contributed by atoms with Crippen molar-refractivity contribution in [3.8, 4) is 0 Å². The zero-order chi connectivity index (χ0) is 68.2. The lowest BCUT2D eigenvalue weighted by Gasteiger charge is -2.26. The lowest BCUT2D eigenvalue weighted by atomic mass is 10.0. The van der Waals surface area contributed by atoms with Crippen molar-refractivity contribution >= 4 is 17.9 Å². The van der Waals surface area contributed by atoms with Crippen molar-refractivity contribution in [2.24, 2.45) is 0 Å². The van der Waals surface area contributed by atoms with Crippen molar-refractivity contribution in [3.63, 3.8) is 0 Å². The molecule has 0 heterocycles. The number of carbonyl (C=O) groups excluding carboxylic acids is 3. The number of aliphatic carboxylic acids is 1. The van der Waals surface area contributed by atoms with Gasteiger partial charge in [0, 0.05) is 12.8 Å². The van der Waals surface area contributed by atoms with Crippen LogP contribution in [0.3, 0.4) is 0 Å². The first-order valence-electron chi connectivity index (χ1n) is 40.6. The number of esters is 2. The van der Waals surface area contributed by atoms with E-state index in [0.717, 1.165) is 83.5 Å². The van der Waals surface area contributed by atoms with E-state index in [0.29, 0.717) is 23.9 Å². The molecule has 2 unspecified atom stereocenters. The molecule has 2 atom stereocenters. The SMILES string of the molecule is CC/C=C\C/C=C\C/C=C\C/C=C\C/C=C\C/C=C\CCCCCCCCCCCCC(=O)OC(COC(=O)CCCCCCCCCCCCCCCCCCCCCCCCCCCCCCCCCCCCCCCCCC)COC(OCC[N+](C)(C)C)C(=O)[O-]. The van der Waals surface area contributed by atoms with Gasteiger partial charge < -0.3 is 33.3 Å². The normalized spacial score (nSPS) is 13.0. The van der Waals surface area contributed by atoms with Gasteiger partial charge in [0.25, 0.3) is 0 Å². The molecule has 0 fully saturated rings. The first kappa shape index (κ1) is 90.7. The summed E-state index contributed by atoms with van der Waals surface area (Å²) in [4.78, 5) is 37.6. The van der Waals surface area contributed by atoms with Crippen LogP contribution < -0.4 is 5.11 Å². The minimum Gasteiger partial charge on any atom is -0.545 e. The summed E-state index contributed by atoms with van der Waals surface area (Å²) in [5.74, 6) is -2.27. The van der Waals surface area contributed by atoms with Gasteiger partial charge in [0.2, 0.25) is 0 Å². The van der Waals surface area contributed by atoms with Crippen LogP contribution in [-0.2, 0) is 33.3 Å². The molecule has 0 rings (SSSR count). The number of hydrogen-bond acceptors (Lipinski definition) is 8. The second-order valence-corrected chi connectivity index (χ2v) is 28.7. The Hall–Kier alpha value is -3.27. The third-order valence-electron chi connectivity index (χ3n) is 18.2. The summed E-state index contributed by atoms with van der Waals surface area (Å²) in [6, 6.07) is 0. The van der Waals surface area contributed by atoms with Crippen LogP contribution in [0, 0.1) is 0 Å². The number of quaternary nitrogens is 1. The molecule has 0 spiro atoms. The zero-order valence-electron chi connectivity index (χ0n) is 62.8. The molecule has 0 aliphatic heterocycles. The van der Waals surface area contributed by atoms with Crippen molar-refractivity contribution < 1.29 is 42.9 Å². The molecule has 0 aliphatic carbocycles. The minimum atomic E-state index is -1.63. The number of likely N-dealkylation sites (N-methyl/N-ethyl adjacent to an activating group) is 1. The number of rotatable bonds is 76. The third-order valence-corrected chi connectivity index (χ3v) is 18.2. The predicted molar refractivity (Wildman–Crippen MR) is 403 cm³/mol. The Morgan fingerprint density at radius 2 is 0.606 bits per heavy atom. The Balaban J connectivity index is 3.96. The van der Waals surface area contributed by atoms with Crippen LogP contribution in [0.15, 0.2) is 72.9 Å². The van der Waals surface area contributed by atoms with Crippen LogP contribution in [0.1, 0.15) is 393 Å². The Morgan fingerprint density at radius 1 is 0.330 bits per heavy atom. The maximum Gasteiger partial charge on any atom is 0.306 e. The predicted octanol–water partition coefficient (Wildman–Crippen LogP) is 24.6. The molecule has 548 valence electrons. The molecule has 0 amide bonds. The van der Waals surface area contributed by atoms with E-state index in [4.69, 9.17) is 18.9 Å². The summed E-state index contributed by atoms with van der Waals surface area (Å²) in [7, 11) is 5.94. The van der Waals surface area contributed by atoms with Crippen molar-refractivity contribution in [1.29, 1.82) is 0 Å². The molecule has 0 saturated heterocycles. The van der Waals surface area contributed by atoms with E-state index in [2.05, 4.69) is 86.8 Å². The summed E-state index contributed by atoms with van der Waals surface area (Å²) in [5.41, 5.74) is 0. The van der Waals surface area contributed by atoms with Crippen LogP contribution in [0.5, 0.6) is 0 Å². The Morgan fingerprint density at radius 3 is 0.904 bits per heavy atom. The molecule has 0 aromatic rings. The maximum atomic E-state index is 13.0. The van der Waals surface area contributed by atoms with Crippen molar-refractivity contribution in [3.05, 3.63) is 72.9 Å². The monoisotopic (exact) mass is 1320 g/mol. The van der Waals surface area contributed by atoms with Crippen molar-refractivity contribution in [2.75, 3.05) is 47.5 Å². The quantitative estimate of drug-likeness (QED) is 0.0195. The average molecular weight is 1320 g/mol. The highest BCUT2D eigenvalue weighted by Gasteiger charge is 2.22. The molecule has 0 radical (unpaired) electrons. The number of hydrogen-bond donors (Lipinski definition) is 0. The molecular weight excluding hydrogens is 1160 g/mol. The number of carbonyl (C=O) groups is 3. The Labute approximate surface area is 583 Å². The van der Waals surface area contributed by atoms with E-state index < -0.39 is 24.3 Å². The van der Waals surface area contributed by atoms with Gasteiger partial charge in [-0.05, 0) is 64.2 Å². The minimum absolute atomic E-state index is 0.146. The highest BCUT2D eigenvalue weighted by atomic mass is 16.7. The maximum absolute atomic E-state index is 13.0. The average Bonchev–Trinajstić information content (AvgIpc) is 3.72. The second-order valence-electron chi connectivity index (χ2n) is 28.7. The van der Waals surface area contributed by atoms with E-state index in [-0.39, 0.29) is 32.2 Å². The highest BCUT2D eigenvalue weighted by Crippen LogP contribution is 2.20. The van der Waals surface area contributed by atoms with E-state index in [9.17, 15) is 19.5 Å². The summed E-state index contributed by atoms with van der Waals surface area (Å²) < 4.78 is 22.9. The fourth-order valence-corrected chi connectivity index (χ4v) is 12.1. The lowest BCUT2D eigenvalue weighted by molar-refractivity contribution is -0.870. The van der Waals surface area contributed by atoms with Crippen molar-refractivity contribution in [1.82, 2.24) is 0 Å². The number of carboxylic acids is 1. The van der Waals surface area contributed by atoms with Gasteiger partial charge in [-0.1, -0.05) is 389 Å². The fourth-order valence-electron chi connectivity index (χ4n) is 12.1. The van der Waals surface area contributed by atoms with Crippen molar-refractivity contribution in [2.45, 2.75) is 405 Å². The topological polar surface area (TPSA) is 111 Å². The zero-order valence-corrected chi connectivity index (χ0v) is 62.8. The van der Waals surface area contributed by atoms with E-state index >= 15 is 0 Å². The molecule has 0 aliphatic rings. The Kier molecular flexibility index (Phi) is 72.9. The number of unbranched alkanes of at least 4 members (excludes halogenated alkanes) is 49. The fraction of sp³-hybridized carbons (Fsp3) is 0.824. The van der Waals surface area contributed by atoms with Gasteiger partial charge in [0.1, 0.15) is 13.2 Å². The first-order valence-corrected chi connectivity index (χ1v) is 40.6. The van der Waals surface area contributed by atoms with Crippen LogP contribution in [-0.4, -0.2) is 82.3 Å². The van der Waals surface area contributed by atoms with Gasteiger partial charge in [0.05, 0.1) is 40.3 Å². The van der Waals surface area contributed by atoms with Gasteiger partial charge >= 0.3 is 11.9 Å². The second kappa shape index (κ2) is 75.5. The molecular formula is C85H155NO8. The van der Waals surface area contributed by atoms with Gasteiger partial charge in [-0.25, -0.2) is 0 Å². The molecule has 9 heteroatoms. The number of ether oxygens (including phenoxy) is 4. The molecule has 0 N–H and O–H groups in total. The van der Waals surface area contributed by atoms with E-state index in [1.807, 2.05) is 21.1 Å². The molecule has 9 nitrogen and oxygen atoms in total. The molecule has 0 aromatic carbocycles. The highest BCUT2D eigenvalue weighted by molar-refractivity contribution is 5.70. The molecule has 0 saturated carbocycles. The van der Waals surface area contributed by atoms with Crippen LogP contribution in [0.2, 0.25) is 0 Å². The molecule has 0 bridgehead atoms. The van der Waals surface area contributed by atoms with E-state index in [1.54, 1.807) is 0 Å². The van der Waals surface area contributed by atoms with Crippen LogP contribution in [0.25, 0.3) is 0 Å². The van der Waals surface area contributed by atoms with Gasteiger partial charge in [-0.15, -0.1) is 0 Å². The van der Waals surface area contributed by atoms with Gasteiger partial charge in [-0.3, -0.25) is 9.59 Å². The van der Waals surface area contributed by atoms with Gasteiger partial charge in [0.15, 0.2) is 12.4 Å².